The molecule has 0 saturated heterocycles. The zero-order valence-corrected chi connectivity index (χ0v) is 14.0. The zero-order valence-electron chi connectivity index (χ0n) is 11.6. The Morgan fingerprint density at radius 1 is 1.13 bits per heavy atom. The average Bonchev–Trinajstić information content (AvgIpc) is 3.00. The summed E-state index contributed by atoms with van der Waals surface area (Å²) in [6, 6.07) is 14.7. The molecule has 1 heterocycles. The Bertz CT molecular complexity index is 879. The molecule has 6 heteroatoms. The highest BCUT2D eigenvalue weighted by molar-refractivity contribution is 9.10. The molecule has 1 aromatic heterocycles. The summed E-state index contributed by atoms with van der Waals surface area (Å²) in [5, 5.41) is 2.73. The molecule has 0 aliphatic carbocycles. The first-order chi connectivity index (χ1) is 11.0. The van der Waals surface area contributed by atoms with Gasteiger partial charge in [0.15, 0.2) is 5.76 Å². The average molecular weight is 395 g/mol. The number of furan rings is 1. The molecule has 0 aliphatic heterocycles. The van der Waals surface area contributed by atoms with Crippen LogP contribution < -0.4 is 5.32 Å². The quantitative estimate of drug-likeness (QED) is 0.614. The first-order valence-electron chi connectivity index (χ1n) is 6.65. The van der Waals surface area contributed by atoms with Crippen molar-refractivity contribution in [1.82, 2.24) is 0 Å². The van der Waals surface area contributed by atoms with Crippen molar-refractivity contribution in [2.24, 2.45) is 0 Å². The minimum absolute atomic E-state index is 0.000891. The number of hydrogen-bond acceptors (Lipinski definition) is 2. The molecule has 0 atom stereocenters. The minimum Gasteiger partial charge on any atom is -0.451 e. The predicted octanol–water partition coefficient (Wildman–Crippen LogP) is 5.75. The maximum atomic E-state index is 13.2. The van der Waals surface area contributed by atoms with Gasteiger partial charge in [-0.3, -0.25) is 4.79 Å². The van der Waals surface area contributed by atoms with Gasteiger partial charge in [-0.1, -0.05) is 33.6 Å². The Hall–Kier alpha value is -2.11. The lowest BCUT2D eigenvalue weighted by molar-refractivity contribution is 0.0997. The van der Waals surface area contributed by atoms with Crippen LogP contribution in [0.15, 0.2) is 63.5 Å². The Kier molecular flexibility index (Phi) is 4.50. The van der Waals surface area contributed by atoms with E-state index in [4.69, 9.17) is 16.0 Å². The van der Waals surface area contributed by atoms with Crippen molar-refractivity contribution in [3.63, 3.8) is 0 Å². The molecule has 23 heavy (non-hydrogen) atoms. The standard InChI is InChI=1S/C17H10BrClFNO2/c18-11-2-1-3-12(9-11)21-17(22)16-7-6-15(23-16)10-4-5-14(20)13(19)8-10/h1-9H,(H,21,22). The van der Waals surface area contributed by atoms with Crippen molar-refractivity contribution >= 4 is 39.1 Å². The third kappa shape index (κ3) is 3.63. The van der Waals surface area contributed by atoms with Gasteiger partial charge < -0.3 is 9.73 Å². The van der Waals surface area contributed by atoms with Gasteiger partial charge in [-0.25, -0.2) is 4.39 Å². The number of halogens is 3. The molecule has 0 spiro atoms. The van der Waals surface area contributed by atoms with Crippen LogP contribution >= 0.6 is 27.5 Å². The second-order valence-electron chi connectivity index (χ2n) is 4.76. The number of nitrogens with one attached hydrogen (secondary N) is 1. The van der Waals surface area contributed by atoms with Crippen molar-refractivity contribution in [3.05, 3.63) is 75.7 Å². The molecule has 0 radical (unpaired) electrons. The van der Waals surface area contributed by atoms with Gasteiger partial charge in [0.1, 0.15) is 11.6 Å². The molecule has 1 N–H and O–H groups in total. The largest absolute Gasteiger partial charge is 0.451 e. The van der Waals surface area contributed by atoms with E-state index in [-0.39, 0.29) is 16.7 Å². The van der Waals surface area contributed by atoms with Crippen molar-refractivity contribution in [2.45, 2.75) is 0 Å². The SMILES string of the molecule is O=C(Nc1cccc(Br)c1)c1ccc(-c2ccc(F)c(Cl)c2)o1. The molecular weight excluding hydrogens is 385 g/mol. The minimum atomic E-state index is -0.505. The first-order valence-corrected chi connectivity index (χ1v) is 7.82. The number of amides is 1. The number of anilines is 1. The summed E-state index contributed by atoms with van der Waals surface area (Å²) in [5.41, 5.74) is 1.24. The topological polar surface area (TPSA) is 42.2 Å². The van der Waals surface area contributed by atoms with Crippen molar-refractivity contribution in [3.8, 4) is 11.3 Å². The van der Waals surface area contributed by atoms with Crippen LogP contribution in [0.3, 0.4) is 0 Å². The fraction of sp³-hybridized carbons (Fsp3) is 0. The summed E-state index contributed by atoms with van der Waals surface area (Å²) < 4.78 is 19.6. The van der Waals surface area contributed by atoms with E-state index in [0.717, 1.165) is 4.47 Å². The van der Waals surface area contributed by atoms with Crippen LogP contribution in [0.2, 0.25) is 5.02 Å². The molecule has 3 nitrogen and oxygen atoms in total. The molecular formula is C17H10BrClFNO2. The maximum Gasteiger partial charge on any atom is 0.291 e. The smallest absolute Gasteiger partial charge is 0.291 e. The van der Waals surface area contributed by atoms with Gasteiger partial charge in [0.05, 0.1) is 5.02 Å². The summed E-state index contributed by atoms with van der Waals surface area (Å²) in [6.07, 6.45) is 0. The maximum absolute atomic E-state index is 13.2. The highest BCUT2D eigenvalue weighted by Gasteiger charge is 2.13. The van der Waals surface area contributed by atoms with E-state index >= 15 is 0 Å². The van der Waals surface area contributed by atoms with Gasteiger partial charge in [0.25, 0.3) is 5.91 Å². The van der Waals surface area contributed by atoms with Crippen LogP contribution in [0.4, 0.5) is 10.1 Å². The van der Waals surface area contributed by atoms with E-state index in [9.17, 15) is 9.18 Å². The van der Waals surface area contributed by atoms with Gasteiger partial charge in [-0.15, -0.1) is 0 Å². The van der Waals surface area contributed by atoms with Crippen LogP contribution in [0, 0.1) is 5.82 Å². The highest BCUT2D eigenvalue weighted by atomic mass is 79.9. The van der Waals surface area contributed by atoms with Gasteiger partial charge in [0, 0.05) is 15.7 Å². The van der Waals surface area contributed by atoms with Crippen LogP contribution in [-0.4, -0.2) is 5.91 Å². The lowest BCUT2D eigenvalue weighted by Gasteiger charge is -2.03. The van der Waals surface area contributed by atoms with Gasteiger partial charge >= 0.3 is 0 Å². The molecule has 0 aliphatic rings. The van der Waals surface area contributed by atoms with Crippen LogP contribution in [0.25, 0.3) is 11.3 Å². The van der Waals surface area contributed by atoms with Crippen LogP contribution in [-0.2, 0) is 0 Å². The highest BCUT2D eigenvalue weighted by Crippen LogP contribution is 2.27. The van der Waals surface area contributed by atoms with Crippen molar-refractivity contribution in [1.29, 1.82) is 0 Å². The summed E-state index contributed by atoms with van der Waals surface area (Å²) >= 11 is 9.09. The Balaban J connectivity index is 1.81. The fourth-order valence-corrected chi connectivity index (χ4v) is 2.60. The zero-order chi connectivity index (χ0) is 16.4. The molecule has 1 amide bonds. The number of rotatable bonds is 3. The summed E-state index contributed by atoms with van der Waals surface area (Å²) in [7, 11) is 0. The van der Waals surface area contributed by atoms with Gasteiger partial charge in [0.2, 0.25) is 0 Å². The second kappa shape index (κ2) is 6.56. The van der Waals surface area contributed by atoms with Crippen LogP contribution in [0.1, 0.15) is 10.6 Å². The van der Waals surface area contributed by atoms with Crippen LogP contribution in [0.5, 0.6) is 0 Å². The lowest BCUT2D eigenvalue weighted by atomic mass is 10.2. The number of benzene rings is 2. The monoisotopic (exact) mass is 393 g/mol. The van der Waals surface area contributed by atoms with E-state index in [1.165, 1.54) is 18.2 Å². The third-order valence-corrected chi connectivity index (χ3v) is 3.90. The molecule has 2 aromatic carbocycles. The van der Waals surface area contributed by atoms with Gasteiger partial charge in [-0.2, -0.15) is 0 Å². The summed E-state index contributed by atoms with van der Waals surface area (Å²) in [6.45, 7) is 0. The molecule has 0 unspecified atom stereocenters. The Morgan fingerprint density at radius 3 is 2.70 bits per heavy atom. The fourth-order valence-electron chi connectivity index (χ4n) is 2.02. The van der Waals surface area contributed by atoms with E-state index in [2.05, 4.69) is 21.2 Å². The van der Waals surface area contributed by atoms with Crippen molar-refractivity contribution in [2.75, 3.05) is 5.32 Å². The Morgan fingerprint density at radius 2 is 1.96 bits per heavy atom. The number of hydrogen-bond donors (Lipinski definition) is 1. The molecule has 116 valence electrons. The van der Waals surface area contributed by atoms with E-state index in [1.54, 1.807) is 24.3 Å². The summed E-state index contributed by atoms with van der Waals surface area (Å²) in [5.74, 6) is -0.288. The predicted molar refractivity (Wildman–Crippen MR) is 91.2 cm³/mol. The lowest BCUT2D eigenvalue weighted by Crippen LogP contribution is -2.10. The van der Waals surface area contributed by atoms with Crippen molar-refractivity contribution < 1.29 is 13.6 Å². The van der Waals surface area contributed by atoms with Gasteiger partial charge in [-0.05, 0) is 48.5 Å². The molecule has 0 saturated carbocycles. The normalized spacial score (nSPS) is 10.6. The van der Waals surface area contributed by atoms with E-state index < -0.39 is 5.82 Å². The van der Waals surface area contributed by atoms with E-state index in [1.807, 2.05) is 12.1 Å². The third-order valence-electron chi connectivity index (χ3n) is 3.12. The summed E-state index contributed by atoms with van der Waals surface area (Å²) in [4.78, 5) is 12.2. The molecule has 3 rings (SSSR count). The second-order valence-corrected chi connectivity index (χ2v) is 6.08. The Labute approximate surface area is 145 Å². The number of carbonyl (C=O) groups is 1. The molecule has 0 bridgehead atoms. The number of carbonyl (C=O) groups excluding carboxylic acids is 1. The molecule has 0 fully saturated rings. The molecule has 3 aromatic rings. The first kappa shape index (κ1) is 15.8. The van der Waals surface area contributed by atoms with E-state index in [0.29, 0.717) is 17.0 Å².